The molecule has 3 nitrogen and oxygen atoms in total. The van der Waals surface area contributed by atoms with Gasteiger partial charge in [-0.1, -0.05) is 170 Å². The Morgan fingerprint density at radius 3 is 1.22 bits per heavy atom. The number of para-hydroxylation sites is 1. The molecule has 0 N–H and O–H groups in total. The van der Waals surface area contributed by atoms with Crippen molar-refractivity contribution in [3.8, 4) is 11.1 Å². The fourth-order valence-corrected chi connectivity index (χ4v) is 9.68. The van der Waals surface area contributed by atoms with E-state index in [1.165, 1.54) is 44.5 Å². The highest BCUT2D eigenvalue weighted by atomic mass is 16.3. The lowest BCUT2D eigenvalue weighted by molar-refractivity contribution is 0.590. The van der Waals surface area contributed by atoms with E-state index in [4.69, 9.17) is 4.42 Å². The maximum Gasteiger partial charge on any atom is 0.145 e. The minimum atomic E-state index is -0.349. The second-order valence-corrected chi connectivity index (χ2v) is 22.8. The van der Waals surface area contributed by atoms with Crippen LogP contribution in [0.4, 0.5) is 34.1 Å². The minimum absolute atomic E-state index is 0.0370. The first-order valence-corrected chi connectivity index (χ1v) is 23.2. The molecule has 0 atom stereocenters. The lowest BCUT2D eigenvalue weighted by atomic mass is 9.81. The summed E-state index contributed by atoms with van der Waals surface area (Å²) in [5.41, 5.74) is 18.6. The highest BCUT2D eigenvalue weighted by Crippen LogP contribution is 2.57. The SMILES string of the molecule is CC(C)(C)c1ccc(N(c2ccc(C(C)(C)C)cc2)c2ccc3c(c2)C(C)(C)c2cc(N(c4ccc(C(C)(C)C)cc4)c4ccc(C(C)(C)C)cc4)c4c(oc5ccccc54)c2-3)cc1. The first-order valence-electron chi connectivity index (χ1n) is 23.2. The molecule has 0 spiro atoms. The molecule has 326 valence electrons. The van der Waals surface area contributed by atoms with Crippen LogP contribution in [0.25, 0.3) is 33.1 Å². The van der Waals surface area contributed by atoms with Gasteiger partial charge in [0.05, 0.1) is 11.1 Å². The van der Waals surface area contributed by atoms with Crippen LogP contribution in [0.5, 0.6) is 0 Å². The Kier molecular flexibility index (Phi) is 10.1. The number of rotatable bonds is 6. The van der Waals surface area contributed by atoms with Crippen molar-refractivity contribution in [1.29, 1.82) is 0 Å². The summed E-state index contributed by atoms with van der Waals surface area (Å²) >= 11 is 0. The van der Waals surface area contributed by atoms with Gasteiger partial charge in [-0.2, -0.15) is 0 Å². The van der Waals surface area contributed by atoms with Crippen LogP contribution in [0.15, 0.2) is 150 Å². The molecule has 1 aliphatic rings. The van der Waals surface area contributed by atoms with E-state index in [1.807, 2.05) is 0 Å². The highest BCUT2D eigenvalue weighted by molar-refractivity contribution is 6.19. The third-order valence-electron chi connectivity index (χ3n) is 13.7. The first-order chi connectivity index (χ1) is 30.0. The van der Waals surface area contributed by atoms with Gasteiger partial charge in [0.2, 0.25) is 0 Å². The van der Waals surface area contributed by atoms with E-state index >= 15 is 0 Å². The Labute approximate surface area is 382 Å². The van der Waals surface area contributed by atoms with Crippen LogP contribution in [-0.2, 0) is 27.1 Å². The van der Waals surface area contributed by atoms with Crippen LogP contribution in [0, 0.1) is 0 Å². The van der Waals surface area contributed by atoms with Crippen molar-refractivity contribution in [3.05, 3.63) is 179 Å². The number of hydrogen-bond donors (Lipinski definition) is 0. The molecule has 1 aliphatic carbocycles. The molecule has 0 bridgehead atoms. The number of furan rings is 1. The summed E-state index contributed by atoms with van der Waals surface area (Å²) in [6, 6.07) is 54.8. The van der Waals surface area contributed by atoms with Crippen molar-refractivity contribution < 1.29 is 4.42 Å². The van der Waals surface area contributed by atoms with E-state index in [1.54, 1.807) is 0 Å². The van der Waals surface area contributed by atoms with Crippen LogP contribution >= 0.6 is 0 Å². The summed E-state index contributed by atoms with van der Waals surface area (Å²) in [4.78, 5) is 4.88. The van der Waals surface area contributed by atoms with Gasteiger partial charge in [-0.05, 0) is 133 Å². The van der Waals surface area contributed by atoms with Gasteiger partial charge in [-0.25, -0.2) is 0 Å². The largest absolute Gasteiger partial charge is 0.455 e. The van der Waals surface area contributed by atoms with Crippen molar-refractivity contribution >= 4 is 56.1 Å². The minimum Gasteiger partial charge on any atom is -0.455 e. The molecule has 3 heteroatoms. The first kappa shape index (κ1) is 43.2. The van der Waals surface area contributed by atoms with Gasteiger partial charge in [0.15, 0.2) is 0 Å². The van der Waals surface area contributed by atoms with Gasteiger partial charge >= 0.3 is 0 Å². The molecule has 0 saturated carbocycles. The summed E-state index contributed by atoms with van der Waals surface area (Å²) < 4.78 is 7.09. The molecule has 9 rings (SSSR count). The molecular formula is C61H66N2O. The van der Waals surface area contributed by atoms with E-state index in [0.717, 1.165) is 56.1 Å². The van der Waals surface area contributed by atoms with Crippen molar-refractivity contribution in [2.45, 2.75) is 124 Å². The van der Waals surface area contributed by atoms with Gasteiger partial charge in [-0.15, -0.1) is 0 Å². The van der Waals surface area contributed by atoms with E-state index in [0.29, 0.717) is 0 Å². The molecule has 0 saturated heterocycles. The molecule has 0 fully saturated rings. The topological polar surface area (TPSA) is 19.6 Å². The normalized spacial score (nSPS) is 13.9. The highest BCUT2D eigenvalue weighted by Gasteiger charge is 2.40. The standard InChI is InChI=1S/C61H66N2O/c1-57(2,3)39-19-27-43(28-20-39)62(44-29-21-40(22-30-44)58(4,5)6)47-35-36-48-50(37-47)61(13,14)51-38-52(55-49-17-15-16-18-53(49)64-56(55)54(48)51)63(45-31-23-41(24-32-45)59(7,8)9)46-33-25-42(26-34-46)60(10,11)12/h15-38H,1-14H3. The molecule has 0 amide bonds. The van der Waals surface area contributed by atoms with E-state index < -0.39 is 0 Å². The Bertz CT molecular complexity index is 2890. The lowest BCUT2D eigenvalue weighted by Crippen LogP contribution is -2.18. The van der Waals surface area contributed by atoms with Gasteiger partial charge in [0.25, 0.3) is 0 Å². The molecule has 1 heterocycles. The molecule has 8 aromatic rings. The summed E-state index contributed by atoms with van der Waals surface area (Å²) in [6.07, 6.45) is 0. The molecule has 1 aromatic heterocycles. The molecule has 0 radical (unpaired) electrons. The number of hydrogen-bond acceptors (Lipinski definition) is 3. The number of benzene rings is 7. The quantitative estimate of drug-likeness (QED) is 0.166. The summed E-state index contributed by atoms with van der Waals surface area (Å²) in [5.74, 6) is 0. The average Bonchev–Trinajstić information content (AvgIpc) is 3.73. The smallest absolute Gasteiger partial charge is 0.145 e. The van der Waals surface area contributed by atoms with Crippen molar-refractivity contribution in [2.24, 2.45) is 0 Å². The van der Waals surface area contributed by atoms with Crippen molar-refractivity contribution in [2.75, 3.05) is 9.80 Å². The lowest BCUT2D eigenvalue weighted by Gasteiger charge is -2.31. The van der Waals surface area contributed by atoms with Crippen molar-refractivity contribution in [1.82, 2.24) is 0 Å². The third kappa shape index (κ3) is 7.51. The summed E-state index contributed by atoms with van der Waals surface area (Å²) in [5, 5.41) is 2.24. The Hall–Kier alpha value is -6.06. The Morgan fingerprint density at radius 1 is 0.406 bits per heavy atom. The van der Waals surface area contributed by atoms with Crippen LogP contribution < -0.4 is 9.80 Å². The van der Waals surface area contributed by atoms with E-state index in [9.17, 15) is 0 Å². The number of anilines is 6. The van der Waals surface area contributed by atoms with Crippen LogP contribution in [0.3, 0.4) is 0 Å². The number of nitrogens with zero attached hydrogens (tertiary/aromatic N) is 2. The predicted molar refractivity (Wildman–Crippen MR) is 275 cm³/mol. The fourth-order valence-electron chi connectivity index (χ4n) is 9.68. The van der Waals surface area contributed by atoms with Gasteiger partial charge in [0, 0.05) is 44.8 Å². The molecule has 7 aromatic carbocycles. The van der Waals surface area contributed by atoms with Crippen molar-refractivity contribution in [3.63, 3.8) is 0 Å². The fraction of sp³-hybridized carbons (Fsp3) is 0.311. The van der Waals surface area contributed by atoms with Crippen LogP contribution in [-0.4, -0.2) is 0 Å². The second kappa shape index (κ2) is 15.0. The third-order valence-corrected chi connectivity index (χ3v) is 13.7. The predicted octanol–water partition coefficient (Wildman–Crippen LogP) is 18.0. The Morgan fingerprint density at radius 2 is 0.797 bits per heavy atom. The van der Waals surface area contributed by atoms with Gasteiger partial charge in [0.1, 0.15) is 11.2 Å². The van der Waals surface area contributed by atoms with Crippen LogP contribution in [0.2, 0.25) is 0 Å². The zero-order valence-corrected chi connectivity index (χ0v) is 40.7. The Balaban J connectivity index is 1.26. The summed E-state index contributed by atoms with van der Waals surface area (Å²) in [7, 11) is 0. The summed E-state index contributed by atoms with van der Waals surface area (Å²) in [6.45, 7) is 32.1. The number of fused-ring (bicyclic) bond motifs is 7. The van der Waals surface area contributed by atoms with Crippen LogP contribution in [0.1, 0.15) is 130 Å². The van der Waals surface area contributed by atoms with Gasteiger partial charge < -0.3 is 14.2 Å². The molecule has 0 unspecified atom stereocenters. The maximum absolute atomic E-state index is 7.09. The maximum atomic E-state index is 7.09. The second-order valence-electron chi connectivity index (χ2n) is 22.8. The molecule has 64 heavy (non-hydrogen) atoms. The molecular weight excluding hydrogens is 777 g/mol. The molecule has 0 aliphatic heterocycles. The van der Waals surface area contributed by atoms with E-state index in [-0.39, 0.29) is 27.1 Å². The van der Waals surface area contributed by atoms with Gasteiger partial charge in [-0.3, -0.25) is 0 Å². The zero-order valence-electron chi connectivity index (χ0n) is 40.7. The zero-order chi connectivity index (χ0) is 45.7. The monoisotopic (exact) mass is 843 g/mol. The van der Waals surface area contributed by atoms with E-state index in [2.05, 4.69) is 252 Å². The average molecular weight is 843 g/mol.